The molecule has 1 fully saturated rings. The largest absolute Gasteiger partial charge is 0.328 e. The summed E-state index contributed by atoms with van der Waals surface area (Å²) in [5.74, 6) is 1.94. The lowest BCUT2D eigenvalue weighted by Crippen LogP contribution is -2.01. The highest BCUT2D eigenvalue weighted by atomic mass is 31.2. The highest BCUT2D eigenvalue weighted by Gasteiger charge is 2.37. The number of hydrogen-bond acceptors (Lipinski definition) is 2. The van der Waals surface area contributed by atoms with Crippen molar-refractivity contribution in [3.8, 4) is 0 Å². The summed E-state index contributed by atoms with van der Waals surface area (Å²) in [7, 11) is -2.25. The zero-order valence-corrected chi connectivity index (χ0v) is 12.8. The molecule has 3 heteroatoms. The molecule has 0 spiro atoms. The van der Waals surface area contributed by atoms with Crippen molar-refractivity contribution in [2.75, 3.05) is 18.9 Å². The minimum absolute atomic E-state index is 0.571. The first-order chi connectivity index (χ1) is 7.93. The average molecular weight is 260 g/mol. The molecule has 1 saturated heterocycles. The minimum Gasteiger partial charge on any atom is -0.328 e. The fourth-order valence-electron chi connectivity index (χ4n) is 2.48. The maximum atomic E-state index is 12.4. The fourth-order valence-corrected chi connectivity index (χ4v) is 5.78. The molecule has 0 bridgehead atoms. The Morgan fingerprint density at radius 2 is 1.71 bits per heavy atom. The van der Waals surface area contributed by atoms with Crippen molar-refractivity contribution in [2.45, 2.75) is 53.4 Å². The van der Waals surface area contributed by atoms with Gasteiger partial charge in [0.2, 0.25) is 7.37 Å². The quantitative estimate of drug-likeness (QED) is 0.486. The van der Waals surface area contributed by atoms with Crippen LogP contribution in [0.25, 0.3) is 0 Å². The van der Waals surface area contributed by atoms with Crippen LogP contribution in [0.5, 0.6) is 0 Å². The lowest BCUT2D eigenvalue weighted by Gasteiger charge is -2.12. The van der Waals surface area contributed by atoms with E-state index in [-0.39, 0.29) is 0 Å². The molecule has 1 heterocycles. The minimum atomic E-state index is -2.25. The van der Waals surface area contributed by atoms with E-state index < -0.39 is 7.37 Å². The second-order valence-corrected chi connectivity index (χ2v) is 8.83. The third-order valence-corrected chi connectivity index (χ3v) is 6.77. The van der Waals surface area contributed by atoms with E-state index in [1.54, 1.807) is 0 Å². The lowest BCUT2D eigenvalue weighted by atomic mass is 10.0. The molecular formula is C14H29O2P. The Hall–Kier alpha value is 0.190. The van der Waals surface area contributed by atoms with Crippen LogP contribution < -0.4 is 0 Å². The van der Waals surface area contributed by atoms with Gasteiger partial charge < -0.3 is 4.52 Å². The van der Waals surface area contributed by atoms with Gasteiger partial charge in [0, 0.05) is 12.3 Å². The molecule has 2 nitrogen and oxygen atoms in total. The molecule has 102 valence electrons. The van der Waals surface area contributed by atoms with Crippen LogP contribution in [0.2, 0.25) is 0 Å². The summed E-state index contributed by atoms with van der Waals surface area (Å²) < 4.78 is 18.0. The van der Waals surface area contributed by atoms with Crippen molar-refractivity contribution in [1.29, 1.82) is 0 Å². The van der Waals surface area contributed by atoms with E-state index in [0.717, 1.165) is 24.7 Å². The van der Waals surface area contributed by atoms with E-state index >= 15 is 0 Å². The Morgan fingerprint density at radius 3 is 2.24 bits per heavy atom. The zero-order valence-electron chi connectivity index (χ0n) is 11.9. The van der Waals surface area contributed by atoms with Crippen LogP contribution in [0.1, 0.15) is 53.4 Å². The molecule has 2 atom stereocenters. The Bertz CT molecular complexity index is 249. The van der Waals surface area contributed by atoms with Crippen LogP contribution in [-0.2, 0) is 9.09 Å². The summed E-state index contributed by atoms with van der Waals surface area (Å²) in [6, 6.07) is 0. The number of rotatable bonds is 7. The van der Waals surface area contributed by atoms with Gasteiger partial charge in [-0.3, -0.25) is 4.57 Å². The summed E-state index contributed by atoms with van der Waals surface area (Å²) in [4.78, 5) is 0. The standard InChI is InChI=1S/C14H29O2P/c1-12(2)8-6-5-7-9-16-17(15)10-13(3)14(4)11-17/h12-14H,5-11H2,1-4H3. The van der Waals surface area contributed by atoms with Crippen molar-refractivity contribution in [3.05, 3.63) is 0 Å². The topological polar surface area (TPSA) is 26.3 Å². The van der Waals surface area contributed by atoms with E-state index in [0.29, 0.717) is 18.4 Å². The summed E-state index contributed by atoms with van der Waals surface area (Å²) >= 11 is 0. The first kappa shape index (κ1) is 15.2. The van der Waals surface area contributed by atoms with Crippen molar-refractivity contribution >= 4 is 7.37 Å². The molecule has 0 aromatic carbocycles. The third kappa shape index (κ3) is 5.57. The lowest BCUT2D eigenvalue weighted by molar-refractivity contribution is 0.302. The molecule has 1 aliphatic heterocycles. The van der Waals surface area contributed by atoms with Crippen LogP contribution in [0.3, 0.4) is 0 Å². The van der Waals surface area contributed by atoms with Gasteiger partial charge in [-0.15, -0.1) is 0 Å². The van der Waals surface area contributed by atoms with Gasteiger partial charge in [-0.25, -0.2) is 0 Å². The first-order valence-corrected chi connectivity index (χ1v) is 9.15. The van der Waals surface area contributed by atoms with Crippen LogP contribution in [0.15, 0.2) is 0 Å². The summed E-state index contributed by atoms with van der Waals surface area (Å²) in [5, 5.41) is 0. The molecule has 0 aromatic heterocycles. The van der Waals surface area contributed by atoms with Gasteiger partial charge in [0.25, 0.3) is 0 Å². The molecule has 0 aliphatic carbocycles. The fraction of sp³-hybridized carbons (Fsp3) is 1.00. The molecule has 0 amide bonds. The monoisotopic (exact) mass is 260 g/mol. The normalized spacial score (nSPS) is 33.5. The van der Waals surface area contributed by atoms with Crippen molar-refractivity contribution in [2.24, 2.45) is 17.8 Å². The second kappa shape index (κ2) is 6.95. The molecule has 0 N–H and O–H groups in total. The summed E-state index contributed by atoms with van der Waals surface area (Å²) in [6.07, 6.45) is 6.47. The molecule has 1 aliphatic rings. The van der Waals surface area contributed by atoms with Crippen LogP contribution in [-0.4, -0.2) is 18.9 Å². The Morgan fingerprint density at radius 1 is 1.12 bits per heavy atom. The van der Waals surface area contributed by atoms with E-state index in [9.17, 15) is 4.57 Å². The van der Waals surface area contributed by atoms with E-state index in [2.05, 4.69) is 27.7 Å². The highest BCUT2D eigenvalue weighted by molar-refractivity contribution is 7.59. The van der Waals surface area contributed by atoms with Gasteiger partial charge >= 0.3 is 0 Å². The molecule has 0 aromatic rings. The van der Waals surface area contributed by atoms with Gasteiger partial charge in [-0.05, 0) is 24.2 Å². The Kier molecular flexibility index (Phi) is 6.23. The van der Waals surface area contributed by atoms with Crippen molar-refractivity contribution < 1.29 is 9.09 Å². The van der Waals surface area contributed by atoms with E-state index in [1.165, 1.54) is 19.3 Å². The van der Waals surface area contributed by atoms with Gasteiger partial charge in [0.05, 0.1) is 6.61 Å². The Labute approximate surface area is 107 Å². The van der Waals surface area contributed by atoms with Gasteiger partial charge in [0.1, 0.15) is 0 Å². The number of unbranched alkanes of at least 4 members (excludes halogenated alkanes) is 2. The van der Waals surface area contributed by atoms with Crippen LogP contribution in [0.4, 0.5) is 0 Å². The molecule has 2 unspecified atom stereocenters. The molecule has 1 rings (SSSR count). The molecule has 17 heavy (non-hydrogen) atoms. The highest BCUT2D eigenvalue weighted by Crippen LogP contribution is 2.57. The van der Waals surface area contributed by atoms with Gasteiger partial charge in [-0.1, -0.05) is 47.0 Å². The first-order valence-electron chi connectivity index (χ1n) is 7.15. The van der Waals surface area contributed by atoms with E-state index in [1.807, 2.05) is 0 Å². The SMILES string of the molecule is CC(C)CCCCCOP1(=O)CC(C)C(C)C1. The average Bonchev–Trinajstić information content (AvgIpc) is 2.47. The van der Waals surface area contributed by atoms with Gasteiger partial charge in [0.15, 0.2) is 0 Å². The second-order valence-electron chi connectivity index (χ2n) is 6.21. The Balaban J connectivity index is 2.09. The van der Waals surface area contributed by atoms with Gasteiger partial charge in [-0.2, -0.15) is 0 Å². The van der Waals surface area contributed by atoms with E-state index in [4.69, 9.17) is 4.52 Å². The maximum absolute atomic E-state index is 12.4. The molecule has 0 saturated carbocycles. The number of hydrogen-bond donors (Lipinski definition) is 0. The van der Waals surface area contributed by atoms with Crippen molar-refractivity contribution in [3.63, 3.8) is 0 Å². The predicted molar refractivity (Wildman–Crippen MR) is 74.9 cm³/mol. The predicted octanol–water partition coefficient (Wildman–Crippen LogP) is 4.78. The maximum Gasteiger partial charge on any atom is 0.203 e. The smallest absolute Gasteiger partial charge is 0.203 e. The zero-order chi connectivity index (χ0) is 12.9. The molecule has 0 radical (unpaired) electrons. The molecular weight excluding hydrogens is 231 g/mol. The van der Waals surface area contributed by atoms with Crippen LogP contribution >= 0.6 is 7.37 Å². The summed E-state index contributed by atoms with van der Waals surface area (Å²) in [5.41, 5.74) is 0. The summed E-state index contributed by atoms with van der Waals surface area (Å²) in [6.45, 7) is 9.60. The third-order valence-electron chi connectivity index (χ3n) is 3.86. The van der Waals surface area contributed by atoms with Crippen LogP contribution in [0, 0.1) is 17.8 Å². The van der Waals surface area contributed by atoms with Crippen molar-refractivity contribution in [1.82, 2.24) is 0 Å².